The number of benzene rings is 2. The van der Waals surface area contributed by atoms with Crippen molar-refractivity contribution < 1.29 is 13.9 Å². The van der Waals surface area contributed by atoms with Gasteiger partial charge in [-0.3, -0.25) is 10.1 Å². The Morgan fingerprint density at radius 1 is 1.28 bits per heavy atom. The highest BCUT2D eigenvalue weighted by atomic mass is 35.5. The summed E-state index contributed by atoms with van der Waals surface area (Å²) in [6.07, 6.45) is 0. The number of carbonyl (C=O) groups is 1. The van der Waals surface area contributed by atoms with Gasteiger partial charge in [0, 0.05) is 0 Å². The molecule has 0 aliphatic rings. The van der Waals surface area contributed by atoms with Crippen LogP contribution >= 0.6 is 22.9 Å². The van der Waals surface area contributed by atoms with Gasteiger partial charge in [0.25, 0.3) is 5.91 Å². The maximum absolute atomic E-state index is 13.2. The molecule has 0 unspecified atom stereocenters. The third-order valence-electron chi connectivity index (χ3n) is 4.19. The second-order valence-corrected chi connectivity index (χ2v) is 7.56. The summed E-state index contributed by atoms with van der Waals surface area (Å²) >= 11 is 7.75. The average molecular weight is 431 g/mol. The van der Waals surface area contributed by atoms with Crippen molar-refractivity contribution in [3.05, 3.63) is 64.7 Å². The van der Waals surface area contributed by atoms with E-state index in [1.54, 1.807) is 19.1 Å². The molecule has 0 spiro atoms. The van der Waals surface area contributed by atoms with E-state index in [9.17, 15) is 9.18 Å². The summed E-state index contributed by atoms with van der Waals surface area (Å²) in [5.74, 6) is -0.0269. The first kappa shape index (κ1) is 19.4. The molecule has 6 nitrogen and oxygen atoms in total. The summed E-state index contributed by atoms with van der Waals surface area (Å²) in [6.45, 7) is 4.18. The minimum atomic E-state index is -0.412. The van der Waals surface area contributed by atoms with Crippen LogP contribution in [-0.4, -0.2) is 27.3 Å². The molecule has 4 aromatic rings. The summed E-state index contributed by atoms with van der Waals surface area (Å²) in [5, 5.41) is 7.69. The molecule has 2 aromatic carbocycles. The Morgan fingerprint density at radius 3 is 2.76 bits per heavy atom. The first-order valence-electron chi connectivity index (χ1n) is 8.82. The molecular formula is C20H16ClFN4O2S. The molecule has 0 atom stereocenters. The number of fused-ring (bicyclic) bond motifs is 1. The zero-order valence-electron chi connectivity index (χ0n) is 15.6. The topological polar surface area (TPSA) is 69.0 Å². The van der Waals surface area contributed by atoms with Crippen LogP contribution in [0, 0.1) is 12.7 Å². The van der Waals surface area contributed by atoms with Crippen LogP contribution in [-0.2, 0) is 0 Å². The fourth-order valence-corrected chi connectivity index (χ4v) is 4.13. The molecule has 0 radical (unpaired) electrons. The molecule has 0 bridgehead atoms. The highest BCUT2D eigenvalue weighted by Gasteiger charge is 2.22. The number of rotatable bonds is 5. The van der Waals surface area contributed by atoms with E-state index in [0.29, 0.717) is 23.1 Å². The van der Waals surface area contributed by atoms with Gasteiger partial charge in [0.05, 0.1) is 28.2 Å². The van der Waals surface area contributed by atoms with Crippen LogP contribution in [0.2, 0.25) is 5.15 Å². The second-order valence-electron chi connectivity index (χ2n) is 6.18. The molecule has 9 heteroatoms. The van der Waals surface area contributed by atoms with Crippen LogP contribution in [0.15, 0.2) is 42.5 Å². The van der Waals surface area contributed by atoms with E-state index in [-0.39, 0.29) is 16.5 Å². The number of carbonyl (C=O) groups excluding carboxylic acids is 1. The molecule has 0 aliphatic carbocycles. The molecular weight excluding hydrogens is 415 g/mol. The van der Waals surface area contributed by atoms with Crippen molar-refractivity contribution in [2.24, 2.45) is 0 Å². The summed E-state index contributed by atoms with van der Waals surface area (Å²) in [6, 6.07) is 11.3. The molecule has 0 aliphatic heterocycles. The van der Waals surface area contributed by atoms with Crippen LogP contribution in [0.4, 0.5) is 9.52 Å². The number of ether oxygens (including phenoxy) is 1. The van der Waals surface area contributed by atoms with Crippen LogP contribution in [0.1, 0.15) is 23.0 Å². The van der Waals surface area contributed by atoms with Crippen molar-refractivity contribution in [1.82, 2.24) is 14.8 Å². The highest BCUT2D eigenvalue weighted by molar-refractivity contribution is 7.22. The van der Waals surface area contributed by atoms with Crippen molar-refractivity contribution in [2.75, 3.05) is 11.9 Å². The zero-order valence-corrected chi connectivity index (χ0v) is 17.1. The maximum Gasteiger partial charge on any atom is 0.262 e. The third-order valence-corrected chi connectivity index (χ3v) is 5.48. The maximum atomic E-state index is 13.2. The van der Waals surface area contributed by atoms with Gasteiger partial charge in [-0.25, -0.2) is 14.1 Å². The van der Waals surface area contributed by atoms with Gasteiger partial charge in [0.15, 0.2) is 5.13 Å². The van der Waals surface area contributed by atoms with E-state index < -0.39 is 5.91 Å². The van der Waals surface area contributed by atoms with Crippen molar-refractivity contribution in [2.45, 2.75) is 13.8 Å². The van der Waals surface area contributed by atoms with Gasteiger partial charge in [-0.05, 0) is 56.3 Å². The van der Waals surface area contributed by atoms with Gasteiger partial charge in [0.1, 0.15) is 22.3 Å². The second kappa shape index (κ2) is 7.81. The number of halogens is 2. The van der Waals surface area contributed by atoms with Crippen LogP contribution in [0.5, 0.6) is 5.75 Å². The van der Waals surface area contributed by atoms with Gasteiger partial charge < -0.3 is 4.74 Å². The van der Waals surface area contributed by atoms with Gasteiger partial charge in [0.2, 0.25) is 0 Å². The Hall–Kier alpha value is -2.97. The van der Waals surface area contributed by atoms with Crippen LogP contribution < -0.4 is 10.1 Å². The van der Waals surface area contributed by atoms with Crippen molar-refractivity contribution in [3.63, 3.8) is 0 Å². The summed E-state index contributed by atoms with van der Waals surface area (Å²) in [5.41, 5.74) is 2.02. The first-order valence-corrected chi connectivity index (χ1v) is 10.0. The Labute approximate surface area is 174 Å². The Balaban J connectivity index is 1.61. The lowest BCUT2D eigenvalue weighted by molar-refractivity contribution is 0.102. The Kier molecular flexibility index (Phi) is 5.21. The van der Waals surface area contributed by atoms with E-state index in [2.05, 4.69) is 15.4 Å². The van der Waals surface area contributed by atoms with Gasteiger partial charge in [-0.15, -0.1) is 0 Å². The normalized spacial score (nSPS) is 11.0. The van der Waals surface area contributed by atoms with E-state index in [1.165, 1.54) is 28.2 Å². The zero-order chi connectivity index (χ0) is 20.5. The Bertz CT molecular complexity index is 1200. The molecule has 1 amide bonds. The number of amides is 1. The minimum Gasteiger partial charge on any atom is -0.494 e. The van der Waals surface area contributed by atoms with E-state index in [0.717, 1.165) is 16.0 Å². The third kappa shape index (κ3) is 3.81. The molecule has 0 saturated heterocycles. The van der Waals surface area contributed by atoms with Gasteiger partial charge in [-0.1, -0.05) is 22.9 Å². The summed E-state index contributed by atoms with van der Waals surface area (Å²) in [4.78, 5) is 17.3. The number of hydrogen-bond acceptors (Lipinski definition) is 5. The number of aryl methyl sites for hydroxylation is 1. The highest BCUT2D eigenvalue weighted by Crippen LogP contribution is 2.31. The van der Waals surface area contributed by atoms with Crippen LogP contribution in [0.3, 0.4) is 0 Å². The summed E-state index contributed by atoms with van der Waals surface area (Å²) < 4.78 is 21.0. The predicted octanol–water partition coefficient (Wildman–Crippen LogP) is 5.23. The van der Waals surface area contributed by atoms with Crippen molar-refractivity contribution >= 4 is 44.2 Å². The number of anilines is 1. The SMILES string of the molecule is CCOc1ccc2nc(NC(=O)c3c(C)nn(-c4ccc(F)cc4)c3Cl)sc2c1. The predicted molar refractivity (Wildman–Crippen MR) is 112 cm³/mol. The lowest BCUT2D eigenvalue weighted by Crippen LogP contribution is -2.12. The first-order chi connectivity index (χ1) is 14.0. The quantitative estimate of drug-likeness (QED) is 0.470. The van der Waals surface area contributed by atoms with Crippen LogP contribution in [0.25, 0.3) is 15.9 Å². The lowest BCUT2D eigenvalue weighted by atomic mass is 10.2. The minimum absolute atomic E-state index is 0.145. The largest absolute Gasteiger partial charge is 0.494 e. The number of hydrogen-bond donors (Lipinski definition) is 1. The van der Waals surface area contributed by atoms with E-state index in [1.807, 2.05) is 25.1 Å². The standard InChI is InChI=1S/C20H16ClFN4O2S/c1-3-28-14-8-9-15-16(10-14)29-20(23-15)24-19(27)17-11(2)25-26(18(17)21)13-6-4-12(22)5-7-13/h4-10H,3H2,1-2H3,(H,23,24,27). The molecule has 2 heterocycles. The van der Waals surface area contributed by atoms with E-state index >= 15 is 0 Å². The molecule has 0 saturated carbocycles. The van der Waals surface area contributed by atoms with Crippen molar-refractivity contribution in [1.29, 1.82) is 0 Å². The fourth-order valence-electron chi connectivity index (χ4n) is 2.88. The molecule has 4 rings (SSSR count). The Morgan fingerprint density at radius 2 is 2.03 bits per heavy atom. The van der Waals surface area contributed by atoms with Gasteiger partial charge >= 0.3 is 0 Å². The molecule has 0 fully saturated rings. The molecule has 148 valence electrons. The molecule has 29 heavy (non-hydrogen) atoms. The summed E-state index contributed by atoms with van der Waals surface area (Å²) in [7, 11) is 0. The smallest absolute Gasteiger partial charge is 0.262 e. The van der Waals surface area contributed by atoms with E-state index in [4.69, 9.17) is 16.3 Å². The monoisotopic (exact) mass is 430 g/mol. The average Bonchev–Trinajstić information content (AvgIpc) is 3.21. The van der Waals surface area contributed by atoms with Crippen molar-refractivity contribution in [3.8, 4) is 11.4 Å². The van der Waals surface area contributed by atoms with Gasteiger partial charge in [-0.2, -0.15) is 5.10 Å². The number of thiazole rings is 1. The number of aromatic nitrogens is 3. The lowest BCUT2D eigenvalue weighted by Gasteiger charge is -2.04. The fraction of sp³-hybridized carbons (Fsp3) is 0.150. The molecule has 2 aromatic heterocycles. The molecule has 1 N–H and O–H groups in total. The number of nitrogens with zero attached hydrogens (tertiary/aromatic N) is 3. The number of nitrogens with one attached hydrogen (secondary N) is 1.